The van der Waals surface area contributed by atoms with Crippen molar-refractivity contribution in [3.63, 3.8) is 0 Å². The minimum atomic E-state index is 0.0530. The van der Waals surface area contributed by atoms with Crippen LogP contribution in [-0.4, -0.2) is 49.8 Å². The largest absolute Gasteiger partial charge is 0.497 e. The highest BCUT2D eigenvalue weighted by Crippen LogP contribution is 2.20. The SMILES string of the molecule is COc1ccc(C=Nc2ccc(N(CCO)CCO)cc2)cc1. The molecule has 0 amide bonds. The molecule has 2 rings (SSSR count). The lowest BCUT2D eigenvalue weighted by Crippen LogP contribution is -2.29. The smallest absolute Gasteiger partial charge is 0.118 e. The van der Waals surface area contributed by atoms with E-state index >= 15 is 0 Å². The minimum Gasteiger partial charge on any atom is -0.497 e. The van der Waals surface area contributed by atoms with E-state index in [1.54, 1.807) is 13.3 Å². The van der Waals surface area contributed by atoms with Gasteiger partial charge >= 0.3 is 0 Å². The molecule has 2 N–H and O–H groups in total. The van der Waals surface area contributed by atoms with Crippen LogP contribution in [0.15, 0.2) is 53.5 Å². The number of methoxy groups -OCH3 is 1. The van der Waals surface area contributed by atoms with Gasteiger partial charge in [-0.05, 0) is 54.1 Å². The van der Waals surface area contributed by atoms with Gasteiger partial charge in [-0.3, -0.25) is 4.99 Å². The Hall–Kier alpha value is -2.37. The second-order valence-corrected chi connectivity index (χ2v) is 4.98. The molecule has 0 aliphatic carbocycles. The number of anilines is 1. The van der Waals surface area contributed by atoms with Gasteiger partial charge in [-0.1, -0.05) is 0 Å². The maximum Gasteiger partial charge on any atom is 0.118 e. The first kappa shape index (κ1) is 17.0. The number of benzene rings is 2. The van der Waals surface area contributed by atoms with E-state index in [0.717, 1.165) is 22.7 Å². The Morgan fingerprint density at radius 3 is 2.09 bits per heavy atom. The summed E-state index contributed by atoms with van der Waals surface area (Å²) in [6.45, 7) is 1.10. The minimum absolute atomic E-state index is 0.0530. The molecule has 0 radical (unpaired) electrons. The Morgan fingerprint density at radius 1 is 0.957 bits per heavy atom. The number of aliphatic hydroxyl groups excluding tert-OH is 2. The van der Waals surface area contributed by atoms with Crippen LogP contribution < -0.4 is 9.64 Å². The van der Waals surface area contributed by atoms with Crippen LogP contribution in [0.4, 0.5) is 11.4 Å². The molecule has 0 aliphatic rings. The highest BCUT2D eigenvalue weighted by molar-refractivity contribution is 5.82. The van der Waals surface area contributed by atoms with Gasteiger partial charge < -0.3 is 19.8 Å². The van der Waals surface area contributed by atoms with Crippen LogP contribution in [0.5, 0.6) is 5.75 Å². The summed E-state index contributed by atoms with van der Waals surface area (Å²) in [5.41, 5.74) is 2.80. The zero-order chi connectivity index (χ0) is 16.5. The first-order valence-electron chi connectivity index (χ1n) is 7.51. The van der Waals surface area contributed by atoms with Gasteiger partial charge in [0.25, 0.3) is 0 Å². The maximum absolute atomic E-state index is 9.07. The Morgan fingerprint density at radius 2 is 1.57 bits per heavy atom. The van der Waals surface area contributed by atoms with Gasteiger partial charge in [0.05, 0.1) is 26.0 Å². The normalized spacial score (nSPS) is 10.9. The van der Waals surface area contributed by atoms with Crippen molar-refractivity contribution in [3.8, 4) is 5.75 Å². The number of aliphatic imine (C=N–C) groups is 1. The Balaban J connectivity index is 2.04. The molecule has 2 aromatic rings. The molecule has 0 unspecified atom stereocenters. The lowest BCUT2D eigenvalue weighted by atomic mass is 10.2. The van der Waals surface area contributed by atoms with Gasteiger partial charge in [0.1, 0.15) is 5.75 Å². The van der Waals surface area contributed by atoms with Crippen molar-refractivity contribution in [3.05, 3.63) is 54.1 Å². The third-order valence-corrected chi connectivity index (χ3v) is 3.43. The first-order chi connectivity index (χ1) is 11.3. The Kier molecular flexibility index (Phi) is 6.59. The number of rotatable bonds is 8. The third-order valence-electron chi connectivity index (χ3n) is 3.43. The quantitative estimate of drug-likeness (QED) is 0.733. The van der Waals surface area contributed by atoms with E-state index in [1.807, 2.05) is 53.4 Å². The molecule has 122 valence electrons. The van der Waals surface area contributed by atoms with E-state index in [1.165, 1.54) is 0 Å². The summed E-state index contributed by atoms with van der Waals surface area (Å²) in [5, 5.41) is 18.1. The van der Waals surface area contributed by atoms with E-state index in [-0.39, 0.29) is 13.2 Å². The van der Waals surface area contributed by atoms with Crippen LogP contribution in [-0.2, 0) is 0 Å². The van der Waals surface area contributed by atoms with Gasteiger partial charge in [-0.15, -0.1) is 0 Å². The number of ether oxygens (including phenoxy) is 1. The molecule has 0 fully saturated rings. The number of nitrogens with zero attached hydrogens (tertiary/aromatic N) is 2. The second-order valence-electron chi connectivity index (χ2n) is 4.98. The fraction of sp³-hybridized carbons (Fsp3) is 0.278. The summed E-state index contributed by atoms with van der Waals surface area (Å²) in [6.07, 6.45) is 1.80. The van der Waals surface area contributed by atoms with Crippen molar-refractivity contribution < 1.29 is 14.9 Å². The molecular weight excluding hydrogens is 292 g/mol. The summed E-state index contributed by atoms with van der Waals surface area (Å²) in [4.78, 5) is 6.37. The second kappa shape index (κ2) is 8.92. The number of hydrogen-bond acceptors (Lipinski definition) is 5. The maximum atomic E-state index is 9.07. The van der Waals surface area contributed by atoms with E-state index < -0.39 is 0 Å². The lowest BCUT2D eigenvalue weighted by molar-refractivity contribution is 0.281. The molecule has 0 aliphatic heterocycles. The van der Waals surface area contributed by atoms with Crippen molar-refractivity contribution in [2.75, 3.05) is 38.3 Å². The van der Waals surface area contributed by atoms with E-state index in [2.05, 4.69) is 4.99 Å². The first-order valence-corrected chi connectivity index (χ1v) is 7.51. The molecule has 0 bridgehead atoms. The summed E-state index contributed by atoms with van der Waals surface area (Å²) in [6, 6.07) is 15.4. The van der Waals surface area contributed by atoms with Crippen LogP contribution in [0.3, 0.4) is 0 Å². The fourth-order valence-corrected chi connectivity index (χ4v) is 2.20. The van der Waals surface area contributed by atoms with Crippen molar-refractivity contribution >= 4 is 17.6 Å². The molecule has 0 heterocycles. The van der Waals surface area contributed by atoms with Crippen LogP contribution in [0.2, 0.25) is 0 Å². The molecular formula is C18H22N2O3. The predicted molar refractivity (Wildman–Crippen MR) is 93.1 cm³/mol. The van der Waals surface area contributed by atoms with Gasteiger partial charge in [0.2, 0.25) is 0 Å². The van der Waals surface area contributed by atoms with Crippen molar-refractivity contribution in [1.82, 2.24) is 0 Å². The number of aliphatic hydroxyl groups is 2. The van der Waals surface area contributed by atoms with Crippen LogP contribution in [0, 0.1) is 0 Å². The molecule has 0 saturated heterocycles. The highest BCUT2D eigenvalue weighted by atomic mass is 16.5. The highest BCUT2D eigenvalue weighted by Gasteiger charge is 2.04. The summed E-state index contributed by atoms with van der Waals surface area (Å²) >= 11 is 0. The summed E-state index contributed by atoms with van der Waals surface area (Å²) in [7, 11) is 1.64. The fourth-order valence-electron chi connectivity index (χ4n) is 2.20. The number of hydrogen-bond donors (Lipinski definition) is 2. The van der Waals surface area contributed by atoms with Gasteiger partial charge in [-0.25, -0.2) is 0 Å². The Labute approximate surface area is 136 Å². The van der Waals surface area contributed by atoms with Crippen molar-refractivity contribution in [2.24, 2.45) is 4.99 Å². The lowest BCUT2D eigenvalue weighted by Gasteiger charge is -2.22. The molecule has 0 aromatic heterocycles. The van der Waals surface area contributed by atoms with E-state index in [4.69, 9.17) is 14.9 Å². The van der Waals surface area contributed by atoms with Gasteiger partial charge in [-0.2, -0.15) is 0 Å². The average Bonchev–Trinajstić information content (AvgIpc) is 2.61. The van der Waals surface area contributed by atoms with E-state index in [0.29, 0.717) is 13.1 Å². The van der Waals surface area contributed by atoms with Crippen molar-refractivity contribution in [1.29, 1.82) is 0 Å². The molecule has 23 heavy (non-hydrogen) atoms. The molecule has 5 heteroatoms. The topological polar surface area (TPSA) is 65.3 Å². The predicted octanol–water partition coefficient (Wildman–Crippen LogP) is 2.24. The monoisotopic (exact) mass is 314 g/mol. The van der Waals surface area contributed by atoms with Crippen LogP contribution in [0.25, 0.3) is 0 Å². The molecule has 0 spiro atoms. The van der Waals surface area contributed by atoms with Crippen molar-refractivity contribution in [2.45, 2.75) is 0 Å². The third kappa shape index (κ3) is 5.09. The zero-order valence-corrected chi connectivity index (χ0v) is 13.2. The molecule has 2 aromatic carbocycles. The van der Waals surface area contributed by atoms with Crippen LogP contribution in [0.1, 0.15) is 5.56 Å². The van der Waals surface area contributed by atoms with E-state index in [9.17, 15) is 0 Å². The molecule has 0 atom stereocenters. The molecule has 5 nitrogen and oxygen atoms in total. The standard InChI is InChI=1S/C18H22N2O3/c1-23-18-8-2-15(3-9-18)14-19-16-4-6-17(7-5-16)20(10-12-21)11-13-22/h2-9,14,21-22H,10-13H2,1H3. The van der Waals surface area contributed by atoms with Gasteiger partial charge in [0.15, 0.2) is 0 Å². The Bertz CT molecular complexity index is 603. The zero-order valence-electron chi connectivity index (χ0n) is 13.2. The summed E-state index contributed by atoms with van der Waals surface area (Å²) in [5.74, 6) is 0.819. The van der Waals surface area contributed by atoms with Gasteiger partial charge in [0, 0.05) is 25.0 Å². The molecule has 0 saturated carbocycles. The average molecular weight is 314 g/mol. The van der Waals surface area contributed by atoms with Crippen LogP contribution >= 0.6 is 0 Å². The summed E-state index contributed by atoms with van der Waals surface area (Å²) < 4.78 is 5.12.